The van der Waals surface area contributed by atoms with Gasteiger partial charge in [0.25, 0.3) is 5.91 Å². The summed E-state index contributed by atoms with van der Waals surface area (Å²) < 4.78 is 0. The topological polar surface area (TPSA) is 69.6 Å². The Morgan fingerprint density at radius 2 is 2.00 bits per heavy atom. The molecule has 0 radical (unpaired) electrons. The molecule has 0 spiro atoms. The number of piperidine rings is 1. The van der Waals surface area contributed by atoms with Crippen molar-refractivity contribution in [3.8, 4) is 5.75 Å². The van der Waals surface area contributed by atoms with E-state index in [9.17, 15) is 14.7 Å². The van der Waals surface area contributed by atoms with Gasteiger partial charge in [0.15, 0.2) is 0 Å². The number of hydrogen-bond acceptors (Lipinski definition) is 3. The summed E-state index contributed by atoms with van der Waals surface area (Å²) in [6.07, 6.45) is 1.87. The van der Waals surface area contributed by atoms with E-state index < -0.39 is 0 Å². The largest absolute Gasteiger partial charge is 0.508 e. The maximum absolute atomic E-state index is 13.5. The average Bonchev–Trinajstić information content (AvgIpc) is 3.04. The van der Waals surface area contributed by atoms with Crippen LogP contribution in [0.1, 0.15) is 54.2 Å². The minimum atomic E-state index is -0.132. The first-order chi connectivity index (χ1) is 13.7. The van der Waals surface area contributed by atoms with Gasteiger partial charge < -0.3 is 15.3 Å². The molecule has 1 fully saturated rings. The number of phenols is 1. The van der Waals surface area contributed by atoms with E-state index in [1.54, 1.807) is 12.1 Å². The van der Waals surface area contributed by atoms with Gasteiger partial charge in [-0.3, -0.25) is 9.59 Å². The second kappa shape index (κ2) is 5.85. The lowest BCUT2D eigenvalue weighted by Gasteiger charge is -2.60. The highest BCUT2D eigenvalue weighted by atomic mass is 16.3. The molecule has 2 aromatic carbocycles. The van der Waals surface area contributed by atoms with E-state index in [4.69, 9.17) is 0 Å². The third-order valence-electron chi connectivity index (χ3n) is 7.87. The Hall–Kier alpha value is -2.82. The number of aromatic hydroxyl groups is 1. The number of nitrogens with zero attached hydrogens (tertiary/aromatic N) is 1. The lowest BCUT2D eigenvalue weighted by molar-refractivity contribution is -0.115. The average molecular weight is 390 g/mol. The van der Waals surface area contributed by atoms with Gasteiger partial charge >= 0.3 is 0 Å². The van der Waals surface area contributed by atoms with Crippen molar-refractivity contribution < 1.29 is 14.7 Å². The minimum Gasteiger partial charge on any atom is -0.508 e. The Bertz CT molecular complexity index is 1060. The molecule has 29 heavy (non-hydrogen) atoms. The molecule has 5 heteroatoms. The zero-order valence-electron chi connectivity index (χ0n) is 17.1. The highest BCUT2D eigenvalue weighted by Gasteiger charge is 2.57. The molecule has 0 aromatic heterocycles. The molecule has 1 unspecified atom stereocenters. The molecule has 150 valence electrons. The number of anilines is 1. The second-order valence-electron chi connectivity index (χ2n) is 9.42. The van der Waals surface area contributed by atoms with Gasteiger partial charge in [-0.2, -0.15) is 0 Å². The quantitative estimate of drug-likeness (QED) is 0.781. The number of rotatable bonds is 1. The van der Waals surface area contributed by atoms with Gasteiger partial charge in [0, 0.05) is 29.3 Å². The Morgan fingerprint density at radius 3 is 2.79 bits per heavy atom. The molecule has 2 heterocycles. The standard InChI is InChI=1S/C24H26N2O3/c1-23(2)20-13-16-17(5-4-6-19(16)27)24(23,3)9-10-26(20)22(29)15-8-7-14-12-21(28)25-18(14)11-15/h4-8,11,20,27H,9-10,12-13H2,1-3H3,(H,25,28)/t20-,24?/m1/s1. The lowest BCUT2D eigenvalue weighted by Crippen LogP contribution is -2.64. The number of carbonyl (C=O) groups is 2. The van der Waals surface area contributed by atoms with E-state index >= 15 is 0 Å². The second-order valence-corrected chi connectivity index (χ2v) is 9.42. The van der Waals surface area contributed by atoms with Gasteiger partial charge in [0.05, 0.1) is 6.42 Å². The van der Waals surface area contributed by atoms with E-state index in [-0.39, 0.29) is 28.7 Å². The number of likely N-dealkylation sites (tertiary alicyclic amines) is 1. The van der Waals surface area contributed by atoms with Crippen LogP contribution in [0.3, 0.4) is 0 Å². The van der Waals surface area contributed by atoms with Crippen LogP contribution in [0.15, 0.2) is 36.4 Å². The number of benzene rings is 2. The molecule has 5 nitrogen and oxygen atoms in total. The van der Waals surface area contributed by atoms with Gasteiger partial charge in [-0.1, -0.05) is 39.0 Å². The van der Waals surface area contributed by atoms with Crippen LogP contribution in [0.4, 0.5) is 5.69 Å². The predicted molar refractivity (Wildman–Crippen MR) is 111 cm³/mol. The molecule has 2 bridgehead atoms. The zero-order valence-corrected chi connectivity index (χ0v) is 17.1. The minimum absolute atomic E-state index is 0.00241. The van der Waals surface area contributed by atoms with Gasteiger partial charge in [-0.25, -0.2) is 0 Å². The summed E-state index contributed by atoms with van der Waals surface area (Å²) in [6, 6.07) is 11.3. The van der Waals surface area contributed by atoms with Crippen molar-refractivity contribution in [2.45, 2.75) is 51.5 Å². The number of nitrogens with one attached hydrogen (secondary N) is 1. The summed E-state index contributed by atoms with van der Waals surface area (Å²) in [5, 5.41) is 13.4. The summed E-state index contributed by atoms with van der Waals surface area (Å²) in [4.78, 5) is 27.2. The monoisotopic (exact) mass is 390 g/mol. The molecule has 1 aliphatic carbocycles. The van der Waals surface area contributed by atoms with Crippen LogP contribution in [-0.2, 0) is 23.1 Å². The highest BCUT2D eigenvalue weighted by Crippen LogP contribution is 2.57. The van der Waals surface area contributed by atoms with Crippen molar-refractivity contribution >= 4 is 17.5 Å². The summed E-state index contributed by atoms with van der Waals surface area (Å²) in [5.41, 5.74) is 4.24. The zero-order chi connectivity index (χ0) is 20.6. The van der Waals surface area contributed by atoms with Crippen LogP contribution in [-0.4, -0.2) is 34.4 Å². The number of phenolic OH excluding ortho intramolecular Hbond substituents is 1. The van der Waals surface area contributed by atoms with Crippen LogP contribution in [0.2, 0.25) is 0 Å². The number of fused-ring (bicyclic) bond motifs is 5. The van der Waals surface area contributed by atoms with Crippen LogP contribution in [0, 0.1) is 5.41 Å². The summed E-state index contributed by atoms with van der Waals surface area (Å²) in [6.45, 7) is 7.44. The summed E-state index contributed by atoms with van der Waals surface area (Å²) >= 11 is 0. The lowest BCUT2D eigenvalue weighted by atomic mass is 9.51. The molecule has 2 aliphatic heterocycles. The van der Waals surface area contributed by atoms with Crippen molar-refractivity contribution in [1.82, 2.24) is 4.90 Å². The van der Waals surface area contributed by atoms with Crippen molar-refractivity contribution in [1.29, 1.82) is 0 Å². The fraction of sp³-hybridized carbons (Fsp3) is 0.417. The predicted octanol–water partition coefficient (Wildman–Crippen LogP) is 3.64. The van der Waals surface area contributed by atoms with Gasteiger partial charge in [0.1, 0.15) is 5.75 Å². The molecule has 2 amide bonds. The van der Waals surface area contributed by atoms with Gasteiger partial charge in [-0.15, -0.1) is 0 Å². The van der Waals surface area contributed by atoms with E-state index in [1.165, 1.54) is 5.56 Å². The van der Waals surface area contributed by atoms with Crippen molar-refractivity contribution in [2.75, 3.05) is 11.9 Å². The van der Waals surface area contributed by atoms with Crippen LogP contribution >= 0.6 is 0 Å². The molecule has 2 aromatic rings. The highest BCUT2D eigenvalue weighted by molar-refractivity contribution is 6.02. The number of hydrogen-bond donors (Lipinski definition) is 2. The molecule has 2 atom stereocenters. The number of amides is 2. The van der Waals surface area contributed by atoms with E-state index in [2.05, 4.69) is 32.2 Å². The third-order valence-corrected chi connectivity index (χ3v) is 7.87. The van der Waals surface area contributed by atoms with Crippen molar-refractivity contribution in [2.24, 2.45) is 5.41 Å². The van der Waals surface area contributed by atoms with Crippen molar-refractivity contribution in [3.05, 3.63) is 58.7 Å². The fourth-order valence-corrected chi connectivity index (χ4v) is 5.68. The molecular formula is C24H26N2O3. The summed E-state index contributed by atoms with van der Waals surface area (Å²) in [7, 11) is 0. The van der Waals surface area contributed by atoms with E-state index in [1.807, 2.05) is 23.1 Å². The molecular weight excluding hydrogens is 364 g/mol. The maximum atomic E-state index is 13.5. The molecule has 2 N–H and O–H groups in total. The first kappa shape index (κ1) is 18.2. The molecule has 5 rings (SSSR count). The molecule has 0 saturated carbocycles. The van der Waals surface area contributed by atoms with Gasteiger partial charge in [0.2, 0.25) is 5.91 Å². The third kappa shape index (κ3) is 2.39. The SMILES string of the molecule is CC12CCN(C(=O)c3ccc4c(c3)NC(=O)C4)[C@H](Cc3c(O)cccc31)C2(C)C. The normalized spacial score (nSPS) is 26.5. The first-order valence-electron chi connectivity index (χ1n) is 10.3. The molecule has 3 aliphatic rings. The smallest absolute Gasteiger partial charge is 0.254 e. The Labute approximate surface area is 170 Å². The first-order valence-corrected chi connectivity index (χ1v) is 10.3. The Kier molecular flexibility index (Phi) is 3.67. The number of carbonyl (C=O) groups excluding carboxylic acids is 2. The van der Waals surface area contributed by atoms with Gasteiger partial charge in [-0.05, 0) is 53.1 Å². The van der Waals surface area contributed by atoms with Crippen LogP contribution in [0.25, 0.3) is 0 Å². The van der Waals surface area contributed by atoms with Crippen LogP contribution < -0.4 is 5.32 Å². The van der Waals surface area contributed by atoms with Crippen molar-refractivity contribution in [3.63, 3.8) is 0 Å². The Morgan fingerprint density at radius 1 is 1.21 bits per heavy atom. The van der Waals surface area contributed by atoms with E-state index in [0.717, 1.165) is 23.2 Å². The van der Waals surface area contributed by atoms with Crippen LogP contribution in [0.5, 0.6) is 5.75 Å². The summed E-state index contributed by atoms with van der Waals surface area (Å²) in [5.74, 6) is 0.288. The fourth-order valence-electron chi connectivity index (χ4n) is 5.68. The molecule has 1 saturated heterocycles. The maximum Gasteiger partial charge on any atom is 0.254 e. The van der Waals surface area contributed by atoms with E-state index in [0.29, 0.717) is 30.7 Å². The Balaban J connectivity index is 1.54.